The summed E-state index contributed by atoms with van der Waals surface area (Å²) < 4.78 is 0. The third-order valence-corrected chi connectivity index (χ3v) is 5.93. The molecule has 6 heteroatoms. The molecule has 0 unspecified atom stereocenters. The predicted octanol–water partition coefficient (Wildman–Crippen LogP) is 3.47. The van der Waals surface area contributed by atoms with Crippen molar-refractivity contribution in [2.45, 2.75) is 25.7 Å². The minimum absolute atomic E-state index is 0.118. The average molecular weight is 394 g/mol. The summed E-state index contributed by atoms with van der Waals surface area (Å²) in [6.45, 7) is 6.35. The topological polar surface area (TPSA) is 51.7 Å². The van der Waals surface area contributed by atoms with Gasteiger partial charge in [0.1, 0.15) is 5.82 Å². The lowest BCUT2D eigenvalue weighted by Crippen LogP contribution is -2.44. The summed E-state index contributed by atoms with van der Waals surface area (Å²) in [5, 5.41) is 2.99. The summed E-state index contributed by atoms with van der Waals surface area (Å²) in [6, 6.07) is 12.0. The van der Waals surface area contributed by atoms with E-state index in [4.69, 9.17) is 0 Å². The van der Waals surface area contributed by atoms with Crippen LogP contribution in [-0.4, -0.2) is 62.1 Å². The molecule has 6 nitrogen and oxygen atoms in total. The molecular weight excluding hydrogens is 362 g/mol. The highest BCUT2D eigenvalue weighted by Gasteiger charge is 2.15. The highest BCUT2D eigenvalue weighted by atomic mass is 16.1. The number of piperazine rings is 1. The Bertz CT molecular complexity index is 789. The van der Waals surface area contributed by atoms with Gasteiger partial charge in [-0.3, -0.25) is 4.79 Å². The van der Waals surface area contributed by atoms with Gasteiger partial charge in [0, 0.05) is 56.8 Å². The number of carbonyl (C=O) groups excluding carboxylic acids is 1. The van der Waals surface area contributed by atoms with Crippen LogP contribution in [-0.2, 0) is 0 Å². The third-order valence-electron chi connectivity index (χ3n) is 5.93. The van der Waals surface area contributed by atoms with Gasteiger partial charge in [-0.1, -0.05) is 12.8 Å². The van der Waals surface area contributed by atoms with Crippen molar-refractivity contribution in [1.29, 1.82) is 0 Å². The van der Waals surface area contributed by atoms with Gasteiger partial charge in [0.25, 0.3) is 5.91 Å². The third kappa shape index (κ3) is 5.07. The molecule has 0 spiro atoms. The Morgan fingerprint density at radius 3 is 2.14 bits per heavy atom. The van der Waals surface area contributed by atoms with Gasteiger partial charge in [-0.15, -0.1) is 0 Å². The van der Waals surface area contributed by atoms with Crippen LogP contribution in [0.1, 0.15) is 36.0 Å². The molecule has 0 saturated carbocycles. The van der Waals surface area contributed by atoms with Gasteiger partial charge in [0.2, 0.25) is 0 Å². The SMILES string of the molecule is CN1CCN(c2ccc(NC(=O)c3ccc(N4CCCCCC4)nc3)cc2)CC1. The number of likely N-dealkylation sites (N-methyl/N-ethyl adjacent to an activating group) is 1. The van der Waals surface area contributed by atoms with Crippen LogP contribution in [0, 0.1) is 0 Å². The maximum Gasteiger partial charge on any atom is 0.257 e. The van der Waals surface area contributed by atoms with Gasteiger partial charge < -0.3 is 20.0 Å². The zero-order valence-electron chi connectivity index (χ0n) is 17.3. The van der Waals surface area contributed by atoms with Gasteiger partial charge in [-0.25, -0.2) is 4.98 Å². The van der Waals surface area contributed by atoms with Crippen molar-refractivity contribution in [3.8, 4) is 0 Å². The minimum atomic E-state index is -0.118. The number of carbonyl (C=O) groups is 1. The van der Waals surface area contributed by atoms with Crippen molar-refractivity contribution in [3.63, 3.8) is 0 Å². The molecule has 2 aliphatic rings. The Balaban J connectivity index is 1.35. The fourth-order valence-corrected chi connectivity index (χ4v) is 4.03. The van der Waals surface area contributed by atoms with E-state index in [0.717, 1.165) is 50.8 Å². The summed E-state index contributed by atoms with van der Waals surface area (Å²) in [7, 11) is 2.16. The molecule has 2 saturated heterocycles. The number of nitrogens with one attached hydrogen (secondary N) is 1. The number of nitrogens with zero attached hydrogens (tertiary/aromatic N) is 4. The van der Waals surface area contributed by atoms with Crippen LogP contribution in [0.25, 0.3) is 0 Å². The molecule has 0 radical (unpaired) electrons. The number of benzene rings is 1. The van der Waals surface area contributed by atoms with Crippen molar-refractivity contribution in [3.05, 3.63) is 48.2 Å². The molecule has 2 aliphatic heterocycles. The Labute approximate surface area is 173 Å². The lowest BCUT2D eigenvalue weighted by molar-refractivity contribution is 0.102. The van der Waals surface area contributed by atoms with E-state index in [1.54, 1.807) is 6.20 Å². The van der Waals surface area contributed by atoms with Crippen LogP contribution < -0.4 is 15.1 Å². The van der Waals surface area contributed by atoms with E-state index in [-0.39, 0.29) is 5.91 Å². The zero-order chi connectivity index (χ0) is 20.1. The quantitative estimate of drug-likeness (QED) is 0.862. The number of rotatable bonds is 4. The molecule has 154 valence electrons. The second kappa shape index (κ2) is 9.27. The normalized spacial score (nSPS) is 18.4. The number of amides is 1. The van der Waals surface area contributed by atoms with Crippen molar-refractivity contribution in [2.24, 2.45) is 0 Å². The molecule has 1 aromatic heterocycles. The van der Waals surface area contributed by atoms with Crippen molar-refractivity contribution >= 4 is 23.1 Å². The minimum Gasteiger partial charge on any atom is -0.369 e. The molecule has 0 bridgehead atoms. The van der Waals surface area contributed by atoms with Crippen LogP contribution in [0.5, 0.6) is 0 Å². The highest BCUT2D eigenvalue weighted by Crippen LogP contribution is 2.21. The second-order valence-electron chi connectivity index (χ2n) is 8.10. The van der Waals surface area contributed by atoms with Crippen LogP contribution in [0.4, 0.5) is 17.2 Å². The first-order chi connectivity index (χ1) is 14.2. The van der Waals surface area contributed by atoms with E-state index < -0.39 is 0 Å². The fourth-order valence-electron chi connectivity index (χ4n) is 4.03. The van der Waals surface area contributed by atoms with E-state index in [1.165, 1.54) is 31.4 Å². The van der Waals surface area contributed by atoms with Crippen LogP contribution in [0.15, 0.2) is 42.6 Å². The molecule has 2 aromatic rings. The monoisotopic (exact) mass is 393 g/mol. The number of aromatic nitrogens is 1. The van der Waals surface area contributed by atoms with E-state index in [1.807, 2.05) is 24.3 Å². The molecule has 0 atom stereocenters. The summed E-state index contributed by atoms with van der Waals surface area (Å²) in [4.78, 5) is 24.2. The summed E-state index contributed by atoms with van der Waals surface area (Å²) in [6.07, 6.45) is 6.71. The molecule has 3 heterocycles. The Hall–Kier alpha value is -2.60. The first-order valence-electron chi connectivity index (χ1n) is 10.7. The van der Waals surface area contributed by atoms with Gasteiger partial charge in [-0.05, 0) is 56.3 Å². The number of anilines is 3. The molecule has 2 fully saturated rings. The lowest BCUT2D eigenvalue weighted by Gasteiger charge is -2.34. The van der Waals surface area contributed by atoms with Crippen molar-refractivity contribution in [1.82, 2.24) is 9.88 Å². The Morgan fingerprint density at radius 2 is 1.52 bits per heavy atom. The smallest absolute Gasteiger partial charge is 0.257 e. The number of hydrogen-bond acceptors (Lipinski definition) is 5. The molecule has 4 rings (SSSR count). The Morgan fingerprint density at radius 1 is 0.828 bits per heavy atom. The summed E-state index contributed by atoms with van der Waals surface area (Å²) in [5.41, 5.74) is 2.61. The average Bonchev–Trinajstić information content (AvgIpc) is 3.05. The maximum atomic E-state index is 12.6. The van der Waals surface area contributed by atoms with Crippen LogP contribution >= 0.6 is 0 Å². The number of pyridine rings is 1. The highest BCUT2D eigenvalue weighted by molar-refractivity contribution is 6.04. The van der Waals surface area contributed by atoms with Gasteiger partial charge in [-0.2, -0.15) is 0 Å². The van der Waals surface area contributed by atoms with Crippen LogP contribution in [0.3, 0.4) is 0 Å². The molecule has 1 amide bonds. The predicted molar refractivity (Wildman–Crippen MR) is 119 cm³/mol. The van der Waals surface area contributed by atoms with Gasteiger partial charge in [0.05, 0.1) is 5.56 Å². The van der Waals surface area contributed by atoms with Crippen molar-refractivity contribution in [2.75, 3.05) is 61.4 Å². The molecule has 1 N–H and O–H groups in total. The van der Waals surface area contributed by atoms with Crippen LogP contribution in [0.2, 0.25) is 0 Å². The van der Waals surface area contributed by atoms with E-state index in [9.17, 15) is 4.79 Å². The Kier molecular flexibility index (Phi) is 6.30. The number of hydrogen-bond donors (Lipinski definition) is 1. The van der Waals surface area contributed by atoms with E-state index in [0.29, 0.717) is 5.56 Å². The van der Waals surface area contributed by atoms with Gasteiger partial charge in [0.15, 0.2) is 0 Å². The largest absolute Gasteiger partial charge is 0.369 e. The first kappa shape index (κ1) is 19.7. The van der Waals surface area contributed by atoms with Crippen molar-refractivity contribution < 1.29 is 4.79 Å². The molecule has 1 aromatic carbocycles. The van der Waals surface area contributed by atoms with E-state index >= 15 is 0 Å². The first-order valence-corrected chi connectivity index (χ1v) is 10.7. The second-order valence-corrected chi connectivity index (χ2v) is 8.10. The zero-order valence-corrected chi connectivity index (χ0v) is 17.3. The standard InChI is InChI=1S/C23H31N5O/c1-26-14-16-27(17-15-26)21-9-7-20(8-10-21)25-23(29)19-6-11-22(24-18-19)28-12-4-2-3-5-13-28/h6-11,18H,2-5,12-17H2,1H3,(H,25,29). The molecule has 29 heavy (non-hydrogen) atoms. The fraction of sp³-hybridized carbons (Fsp3) is 0.478. The summed E-state index contributed by atoms with van der Waals surface area (Å²) in [5.74, 6) is 0.854. The summed E-state index contributed by atoms with van der Waals surface area (Å²) >= 11 is 0. The van der Waals surface area contributed by atoms with E-state index in [2.05, 4.69) is 44.2 Å². The molecular formula is C23H31N5O. The lowest BCUT2D eigenvalue weighted by atomic mass is 10.2. The van der Waals surface area contributed by atoms with Gasteiger partial charge >= 0.3 is 0 Å². The molecule has 0 aliphatic carbocycles. The maximum absolute atomic E-state index is 12.6.